The first kappa shape index (κ1) is 23.0. The molecule has 36 heavy (non-hydrogen) atoms. The summed E-state index contributed by atoms with van der Waals surface area (Å²) in [6.07, 6.45) is 2.92. The van der Waals surface area contributed by atoms with Gasteiger partial charge in [0.1, 0.15) is 38.7 Å². The van der Waals surface area contributed by atoms with Gasteiger partial charge in [0.15, 0.2) is 0 Å². The lowest BCUT2D eigenvalue weighted by Crippen LogP contribution is -2.14. The number of nitrogen functional groups attached to an aromatic ring is 2. The van der Waals surface area contributed by atoms with Crippen molar-refractivity contribution >= 4 is 54.7 Å². The number of nitrogens with two attached hydrogens (primary N) is 2. The van der Waals surface area contributed by atoms with Crippen LogP contribution >= 0.6 is 11.3 Å². The highest BCUT2D eigenvalue weighted by Gasteiger charge is 2.26. The third-order valence-electron chi connectivity index (χ3n) is 5.32. The van der Waals surface area contributed by atoms with E-state index in [4.69, 9.17) is 15.9 Å². The topological polar surface area (TPSA) is 178 Å². The molecular weight excluding hydrogens is 500 g/mol. The van der Waals surface area contributed by atoms with Crippen molar-refractivity contribution in [3.05, 3.63) is 83.1 Å². The van der Waals surface area contributed by atoms with E-state index in [1.54, 1.807) is 24.3 Å². The van der Waals surface area contributed by atoms with Crippen molar-refractivity contribution in [2.45, 2.75) is 4.90 Å². The average molecular weight is 517 g/mol. The van der Waals surface area contributed by atoms with Crippen LogP contribution in [0.25, 0.3) is 21.5 Å². The standard InChI is InChI=1S/C24H16N6O4S2/c25-12-15-18(16-4-3-11-34-16)19-20(26)22(35-24(19)29-23(15)27)21(31)13-6-8-14(9-7-13)36(32,33)30-17-5-1-2-10-28-17/h1-11H,26H2,(H2,27,29)(H,28,30). The van der Waals surface area contributed by atoms with Crippen molar-refractivity contribution in [2.24, 2.45) is 0 Å². The van der Waals surface area contributed by atoms with Crippen LogP contribution in [0.3, 0.4) is 0 Å². The minimum absolute atomic E-state index is 0.00776. The quantitative estimate of drug-likeness (QED) is 0.281. The molecule has 5 aromatic rings. The van der Waals surface area contributed by atoms with E-state index < -0.39 is 15.8 Å². The van der Waals surface area contributed by atoms with Crippen LogP contribution in [-0.2, 0) is 10.0 Å². The number of ketones is 1. The molecule has 0 aliphatic carbocycles. The summed E-state index contributed by atoms with van der Waals surface area (Å²) >= 11 is 1.03. The summed E-state index contributed by atoms with van der Waals surface area (Å²) in [7, 11) is -3.90. The zero-order chi connectivity index (χ0) is 25.4. The number of thiophene rings is 1. The number of benzene rings is 1. The maximum atomic E-state index is 13.3. The van der Waals surface area contributed by atoms with Gasteiger partial charge in [0, 0.05) is 17.1 Å². The summed E-state index contributed by atoms with van der Waals surface area (Å²) in [6.45, 7) is 0. The SMILES string of the molecule is N#Cc1c(N)nc2sc(C(=O)c3ccc(S(=O)(=O)Nc4ccccn4)cc3)c(N)c2c1-c1ccco1. The number of nitriles is 1. The van der Waals surface area contributed by atoms with E-state index in [0.29, 0.717) is 21.5 Å². The Morgan fingerprint density at radius 3 is 2.50 bits per heavy atom. The Morgan fingerprint density at radius 2 is 1.86 bits per heavy atom. The summed E-state index contributed by atoms with van der Waals surface area (Å²) in [4.78, 5) is 22.1. The maximum Gasteiger partial charge on any atom is 0.263 e. The monoisotopic (exact) mass is 516 g/mol. The van der Waals surface area contributed by atoms with E-state index in [2.05, 4.69) is 14.7 Å². The van der Waals surface area contributed by atoms with E-state index in [-0.39, 0.29) is 38.2 Å². The number of carbonyl (C=O) groups excluding carboxylic acids is 1. The molecule has 5 rings (SSSR count). The molecule has 0 saturated heterocycles. The van der Waals surface area contributed by atoms with Gasteiger partial charge in [0.05, 0.1) is 22.4 Å². The largest absolute Gasteiger partial charge is 0.464 e. The zero-order valence-corrected chi connectivity index (χ0v) is 19.9. The van der Waals surface area contributed by atoms with E-state index >= 15 is 0 Å². The van der Waals surface area contributed by atoms with Gasteiger partial charge in [-0.25, -0.2) is 18.4 Å². The summed E-state index contributed by atoms with van der Waals surface area (Å²) in [5.74, 6) is 0.0990. The van der Waals surface area contributed by atoms with Crippen LogP contribution in [0.4, 0.5) is 17.3 Å². The van der Waals surface area contributed by atoms with Gasteiger partial charge in [-0.05, 0) is 48.5 Å². The number of carbonyl (C=O) groups is 1. The summed E-state index contributed by atoms with van der Waals surface area (Å²) in [5.41, 5.74) is 13.2. The first-order valence-electron chi connectivity index (χ1n) is 10.3. The molecule has 5 N–H and O–H groups in total. The number of nitrogens with one attached hydrogen (secondary N) is 1. The molecule has 0 atom stereocenters. The van der Waals surface area contributed by atoms with Crippen LogP contribution < -0.4 is 16.2 Å². The van der Waals surface area contributed by atoms with Crippen LogP contribution in [0.2, 0.25) is 0 Å². The van der Waals surface area contributed by atoms with Crippen LogP contribution in [-0.4, -0.2) is 24.2 Å². The molecule has 0 fully saturated rings. The van der Waals surface area contributed by atoms with E-state index in [1.165, 1.54) is 42.8 Å². The zero-order valence-electron chi connectivity index (χ0n) is 18.3. The predicted molar refractivity (Wildman–Crippen MR) is 136 cm³/mol. The molecular formula is C24H16N6O4S2. The van der Waals surface area contributed by atoms with Crippen LogP contribution in [0, 0.1) is 11.3 Å². The molecule has 4 aromatic heterocycles. The first-order valence-corrected chi connectivity index (χ1v) is 12.6. The molecule has 4 heterocycles. The van der Waals surface area contributed by atoms with Gasteiger partial charge in [-0.1, -0.05) is 6.07 Å². The maximum absolute atomic E-state index is 13.3. The molecule has 0 aliphatic rings. The fourth-order valence-electron chi connectivity index (χ4n) is 3.66. The minimum atomic E-state index is -3.90. The number of fused-ring (bicyclic) bond motifs is 1. The van der Waals surface area contributed by atoms with E-state index in [0.717, 1.165) is 11.3 Å². The van der Waals surface area contributed by atoms with Gasteiger partial charge in [0.25, 0.3) is 10.0 Å². The van der Waals surface area contributed by atoms with Crippen molar-refractivity contribution in [3.8, 4) is 17.4 Å². The fourth-order valence-corrected chi connectivity index (χ4v) is 5.74. The lowest BCUT2D eigenvalue weighted by molar-refractivity contribution is 0.104. The molecule has 0 unspecified atom stereocenters. The van der Waals surface area contributed by atoms with Crippen molar-refractivity contribution in [2.75, 3.05) is 16.2 Å². The highest BCUT2D eigenvalue weighted by molar-refractivity contribution is 7.92. The van der Waals surface area contributed by atoms with Crippen LogP contribution in [0.1, 0.15) is 20.8 Å². The summed E-state index contributed by atoms with van der Waals surface area (Å²) in [6, 6.07) is 15.6. The second kappa shape index (κ2) is 8.81. The summed E-state index contributed by atoms with van der Waals surface area (Å²) < 4.78 is 33.2. The van der Waals surface area contributed by atoms with Crippen molar-refractivity contribution in [1.29, 1.82) is 5.26 Å². The van der Waals surface area contributed by atoms with E-state index in [1.807, 2.05) is 6.07 Å². The molecule has 12 heteroatoms. The highest BCUT2D eigenvalue weighted by Crippen LogP contribution is 2.43. The number of hydrogen-bond donors (Lipinski definition) is 3. The molecule has 0 radical (unpaired) electrons. The van der Waals surface area contributed by atoms with E-state index in [9.17, 15) is 18.5 Å². The lowest BCUT2D eigenvalue weighted by Gasteiger charge is -2.08. The molecule has 0 amide bonds. The van der Waals surface area contributed by atoms with Crippen LogP contribution in [0.5, 0.6) is 0 Å². The predicted octanol–water partition coefficient (Wildman–Crippen LogP) is 4.02. The van der Waals surface area contributed by atoms with Gasteiger partial charge in [-0.3, -0.25) is 9.52 Å². The third-order valence-corrected chi connectivity index (χ3v) is 7.79. The highest BCUT2D eigenvalue weighted by atomic mass is 32.2. The average Bonchev–Trinajstić information content (AvgIpc) is 3.52. The number of pyridine rings is 2. The molecule has 1 aromatic carbocycles. The second-order valence-corrected chi connectivity index (χ2v) is 10.2. The number of furan rings is 1. The Bertz CT molecular complexity index is 1760. The molecule has 0 bridgehead atoms. The smallest absolute Gasteiger partial charge is 0.263 e. The van der Waals surface area contributed by atoms with Gasteiger partial charge >= 0.3 is 0 Å². The minimum Gasteiger partial charge on any atom is -0.464 e. The number of nitrogens with zero attached hydrogens (tertiary/aromatic N) is 3. The van der Waals surface area contributed by atoms with Gasteiger partial charge < -0.3 is 15.9 Å². The normalized spacial score (nSPS) is 11.3. The van der Waals surface area contributed by atoms with Crippen molar-refractivity contribution < 1.29 is 17.6 Å². The molecule has 0 spiro atoms. The second-order valence-electron chi connectivity index (χ2n) is 7.54. The number of hydrogen-bond acceptors (Lipinski definition) is 10. The number of aromatic nitrogens is 2. The fraction of sp³-hybridized carbons (Fsp3) is 0. The number of sulfonamides is 1. The Balaban J connectivity index is 1.53. The number of anilines is 3. The Labute approximate surface area is 208 Å². The van der Waals surface area contributed by atoms with Gasteiger partial charge in [0.2, 0.25) is 5.78 Å². The Kier molecular flexibility index (Phi) is 5.63. The number of rotatable bonds is 6. The molecule has 0 aliphatic heterocycles. The van der Waals surface area contributed by atoms with Crippen LogP contribution in [0.15, 0.2) is 76.4 Å². The van der Waals surface area contributed by atoms with Crippen molar-refractivity contribution in [3.63, 3.8) is 0 Å². The Hall–Kier alpha value is -4.73. The molecule has 0 saturated carbocycles. The molecule has 10 nitrogen and oxygen atoms in total. The Morgan fingerprint density at radius 1 is 1.08 bits per heavy atom. The third kappa shape index (κ3) is 3.92. The van der Waals surface area contributed by atoms with Crippen molar-refractivity contribution in [1.82, 2.24) is 9.97 Å². The molecule has 178 valence electrons. The lowest BCUT2D eigenvalue weighted by atomic mass is 10.0. The van der Waals surface area contributed by atoms with Gasteiger partial charge in [-0.2, -0.15) is 5.26 Å². The first-order chi connectivity index (χ1) is 17.3. The van der Waals surface area contributed by atoms with Gasteiger partial charge in [-0.15, -0.1) is 11.3 Å². The summed E-state index contributed by atoms with van der Waals surface area (Å²) in [5, 5.41) is 10.0.